The van der Waals surface area contributed by atoms with Crippen molar-refractivity contribution in [2.24, 2.45) is 0 Å². The Balaban J connectivity index is 1.96. The Kier molecular flexibility index (Phi) is 2.50. The summed E-state index contributed by atoms with van der Waals surface area (Å²) < 4.78 is 5.56. The monoisotopic (exact) mass is 243 g/mol. The van der Waals surface area contributed by atoms with Crippen LogP contribution < -0.4 is 10.1 Å². The molecule has 0 radical (unpaired) electrons. The Morgan fingerprint density at radius 3 is 2.65 bits per heavy atom. The number of hydrogen-bond acceptors (Lipinski definition) is 2. The van der Waals surface area contributed by atoms with Gasteiger partial charge in [-0.1, -0.05) is 41.9 Å². The minimum absolute atomic E-state index is 0.689. The average Bonchev–Trinajstić information content (AvgIpc) is 2.39. The van der Waals surface area contributed by atoms with Crippen molar-refractivity contribution in [3.63, 3.8) is 0 Å². The summed E-state index contributed by atoms with van der Waals surface area (Å²) >= 11 is 5.96. The zero-order chi connectivity index (χ0) is 11.7. The van der Waals surface area contributed by atoms with E-state index in [1.807, 2.05) is 48.5 Å². The van der Waals surface area contributed by atoms with Crippen LogP contribution in [0.3, 0.4) is 0 Å². The molecule has 1 N–H and O–H groups in total. The van der Waals surface area contributed by atoms with E-state index in [9.17, 15) is 0 Å². The maximum Gasteiger partial charge on any atom is 0.150 e. The molecule has 3 heteroatoms. The molecule has 17 heavy (non-hydrogen) atoms. The van der Waals surface area contributed by atoms with E-state index in [4.69, 9.17) is 16.3 Å². The Morgan fingerprint density at radius 2 is 1.82 bits per heavy atom. The normalized spacial score (nSPS) is 13.1. The summed E-state index contributed by atoms with van der Waals surface area (Å²) in [5, 5.41) is 3.99. The highest BCUT2D eigenvalue weighted by molar-refractivity contribution is 6.31. The van der Waals surface area contributed by atoms with Crippen molar-refractivity contribution >= 4 is 23.0 Å². The van der Waals surface area contributed by atoms with E-state index in [0.717, 1.165) is 22.7 Å². The van der Waals surface area contributed by atoms with Crippen molar-refractivity contribution in [1.82, 2.24) is 0 Å². The lowest BCUT2D eigenvalue weighted by atomic mass is 10.1. The van der Waals surface area contributed by atoms with E-state index >= 15 is 0 Å². The van der Waals surface area contributed by atoms with E-state index in [1.54, 1.807) is 6.26 Å². The van der Waals surface area contributed by atoms with Crippen LogP contribution in [0.25, 0.3) is 5.70 Å². The fraction of sp³-hybridized carbons (Fsp3) is 0. The molecule has 84 valence electrons. The quantitative estimate of drug-likeness (QED) is 0.813. The minimum atomic E-state index is 0.689. The molecule has 0 unspecified atom stereocenters. The summed E-state index contributed by atoms with van der Waals surface area (Å²) in [6, 6.07) is 15.5. The summed E-state index contributed by atoms with van der Waals surface area (Å²) in [5.41, 5.74) is 2.90. The first-order chi connectivity index (χ1) is 8.33. The number of ether oxygens (including phenoxy) is 1. The second kappa shape index (κ2) is 4.15. The second-order valence-electron chi connectivity index (χ2n) is 3.78. The molecule has 0 amide bonds. The maximum absolute atomic E-state index is 5.96. The summed E-state index contributed by atoms with van der Waals surface area (Å²) in [6.07, 6.45) is 1.71. The Bertz CT molecular complexity index is 578. The Labute approximate surface area is 104 Å². The van der Waals surface area contributed by atoms with E-state index in [-0.39, 0.29) is 0 Å². The number of fused-ring (bicyclic) bond motifs is 1. The van der Waals surface area contributed by atoms with Gasteiger partial charge in [0.05, 0.1) is 11.4 Å². The molecule has 1 aliphatic heterocycles. The van der Waals surface area contributed by atoms with Crippen molar-refractivity contribution < 1.29 is 4.74 Å². The zero-order valence-electron chi connectivity index (χ0n) is 8.98. The number of halogens is 1. The average molecular weight is 244 g/mol. The van der Waals surface area contributed by atoms with E-state index in [1.165, 1.54) is 0 Å². The van der Waals surface area contributed by atoms with Crippen LogP contribution in [0.1, 0.15) is 5.56 Å². The van der Waals surface area contributed by atoms with Crippen LogP contribution in [0, 0.1) is 0 Å². The predicted molar refractivity (Wildman–Crippen MR) is 70.1 cm³/mol. The van der Waals surface area contributed by atoms with Gasteiger partial charge in [0.1, 0.15) is 12.0 Å². The van der Waals surface area contributed by atoms with Gasteiger partial charge in [-0.25, -0.2) is 0 Å². The number of nitrogens with one attached hydrogen (secondary N) is 1. The SMILES string of the molecule is Clc1ccc2c(c1)NC(c1ccccc1)=CO2. The van der Waals surface area contributed by atoms with Crippen molar-refractivity contribution in [1.29, 1.82) is 0 Å². The summed E-state index contributed by atoms with van der Waals surface area (Å²) in [4.78, 5) is 0. The van der Waals surface area contributed by atoms with Crippen LogP contribution in [0.2, 0.25) is 5.02 Å². The van der Waals surface area contributed by atoms with E-state index in [0.29, 0.717) is 5.02 Å². The van der Waals surface area contributed by atoms with E-state index in [2.05, 4.69) is 5.32 Å². The second-order valence-corrected chi connectivity index (χ2v) is 4.22. The highest BCUT2D eigenvalue weighted by Gasteiger charge is 2.12. The molecule has 2 aromatic rings. The minimum Gasteiger partial charge on any atom is -0.461 e. The summed E-state index contributed by atoms with van der Waals surface area (Å²) in [7, 11) is 0. The first-order valence-corrected chi connectivity index (χ1v) is 5.69. The number of hydrogen-bond donors (Lipinski definition) is 1. The third-order valence-corrected chi connectivity index (χ3v) is 2.83. The van der Waals surface area contributed by atoms with Gasteiger partial charge in [0, 0.05) is 10.6 Å². The molecule has 0 saturated heterocycles. The topological polar surface area (TPSA) is 21.3 Å². The predicted octanol–water partition coefficient (Wildman–Crippen LogP) is 4.14. The largest absolute Gasteiger partial charge is 0.461 e. The fourth-order valence-corrected chi connectivity index (χ4v) is 1.93. The molecule has 0 spiro atoms. The molecule has 2 nitrogen and oxygen atoms in total. The van der Waals surface area contributed by atoms with Gasteiger partial charge in [0.25, 0.3) is 0 Å². The third kappa shape index (κ3) is 1.99. The lowest BCUT2D eigenvalue weighted by molar-refractivity contribution is 0.480. The first-order valence-electron chi connectivity index (χ1n) is 5.32. The van der Waals surface area contributed by atoms with Crippen LogP contribution in [-0.2, 0) is 0 Å². The van der Waals surface area contributed by atoms with Crippen molar-refractivity contribution in [2.45, 2.75) is 0 Å². The fourth-order valence-electron chi connectivity index (χ4n) is 1.76. The lowest BCUT2D eigenvalue weighted by Crippen LogP contribution is -2.07. The number of rotatable bonds is 1. The zero-order valence-corrected chi connectivity index (χ0v) is 9.74. The standard InChI is InChI=1S/C14H10ClNO/c15-11-6-7-14-12(8-11)16-13(9-17-14)10-4-2-1-3-5-10/h1-9,16H. The molecule has 1 heterocycles. The molecule has 2 aromatic carbocycles. The van der Waals surface area contributed by atoms with Gasteiger partial charge in [0.15, 0.2) is 0 Å². The molecule has 0 bridgehead atoms. The lowest BCUT2D eigenvalue weighted by Gasteiger charge is -2.19. The number of anilines is 1. The molecule has 0 aromatic heterocycles. The van der Waals surface area contributed by atoms with Crippen LogP contribution >= 0.6 is 11.6 Å². The van der Waals surface area contributed by atoms with Crippen molar-refractivity contribution in [3.05, 3.63) is 65.4 Å². The Hall–Kier alpha value is -1.93. The molecule has 0 atom stereocenters. The van der Waals surface area contributed by atoms with Gasteiger partial charge in [-0.15, -0.1) is 0 Å². The highest BCUT2D eigenvalue weighted by Crippen LogP contribution is 2.34. The highest BCUT2D eigenvalue weighted by atomic mass is 35.5. The van der Waals surface area contributed by atoms with Gasteiger partial charge in [0.2, 0.25) is 0 Å². The summed E-state index contributed by atoms with van der Waals surface area (Å²) in [5.74, 6) is 0.786. The Morgan fingerprint density at radius 1 is 1.00 bits per heavy atom. The molecular weight excluding hydrogens is 234 g/mol. The van der Waals surface area contributed by atoms with E-state index < -0.39 is 0 Å². The van der Waals surface area contributed by atoms with Crippen molar-refractivity contribution in [3.8, 4) is 5.75 Å². The van der Waals surface area contributed by atoms with Crippen LogP contribution in [0.15, 0.2) is 54.8 Å². The van der Waals surface area contributed by atoms with Crippen LogP contribution in [0.5, 0.6) is 5.75 Å². The van der Waals surface area contributed by atoms with Gasteiger partial charge in [-0.05, 0) is 18.2 Å². The number of benzene rings is 2. The molecule has 1 aliphatic rings. The van der Waals surface area contributed by atoms with Gasteiger partial charge in [-0.3, -0.25) is 0 Å². The molecule has 0 saturated carbocycles. The van der Waals surface area contributed by atoms with Crippen molar-refractivity contribution in [2.75, 3.05) is 5.32 Å². The van der Waals surface area contributed by atoms with Crippen LogP contribution in [0.4, 0.5) is 5.69 Å². The molecule has 0 fully saturated rings. The third-order valence-electron chi connectivity index (χ3n) is 2.60. The smallest absolute Gasteiger partial charge is 0.150 e. The molecule has 0 aliphatic carbocycles. The van der Waals surface area contributed by atoms with Gasteiger partial charge < -0.3 is 10.1 Å². The molecular formula is C14H10ClNO. The maximum atomic E-state index is 5.96. The van der Waals surface area contributed by atoms with Gasteiger partial charge >= 0.3 is 0 Å². The first kappa shape index (κ1) is 10.2. The van der Waals surface area contributed by atoms with Crippen LogP contribution in [-0.4, -0.2) is 0 Å². The molecule has 3 rings (SSSR count). The summed E-state index contributed by atoms with van der Waals surface area (Å²) in [6.45, 7) is 0. The van der Waals surface area contributed by atoms with Gasteiger partial charge in [-0.2, -0.15) is 0 Å².